The molecule has 0 fully saturated rings. The molecule has 2 aromatic rings. The summed E-state index contributed by atoms with van der Waals surface area (Å²) in [7, 11) is 1.61. The quantitative estimate of drug-likeness (QED) is 0.489. The van der Waals surface area contributed by atoms with Crippen LogP contribution < -0.4 is 20.1 Å². The molecule has 6 heteroatoms. The van der Waals surface area contributed by atoms with Gasteiger partial charge in [-0.25, -0.2) is 0 Å². The van der Waals surface area contributed by atoms with Crippen LogP contribution in [0.25, 0.3) is 0 Å². The van der Waals surface area contributed by atoms with Crippen LogP contribution in [0.15, 0.2) is 42.5 Å². The van der Waals surface area contributed by atoms with Crippen LogP contribution in [0, 0.1) is 6.92 Å². The molecule has 0 saturated heterocycles. The van der Waals surface area contributed by atoms with Gasteiger partial charge in [-0.15, -0.1) is 0 Å². The molecule has 30 heavy (non-hydrogen) atoms. The first kappa shape index (κ1) is 23.7. The maximum Gasteiger partial charge on any atom is 0.262 e. The van der Waals surface area contributed by atoms with Crippen molar-refractivity contribution < 1.29 is 14.3 Å². The summed E-state index contributed by atoms with van der Waals surface area (Å²) in [6.07, 6.45) is 1.08. The summed E-state index contributed by atoms with van der Waals surface area (Å²) in [4.78, 5) is 14.7. The standard InChI is InChI=1S/C24H35N3O3/c1-5-27(6-2)16-8-15-25-17-20-9-7-10-22(29-4)24(20)30-18-23(28)26-21-13-11-19(3)12-14-21/h7,9-14,25H,5-6,8,15-18H2,1-4H3,(H,26,28). The number of amides is 1. The lowest BCUT2D eigenvalue weighted by molar-refractivity contribution is -0.118. The van der Waals surface area contributed by atoms with Gasteiger partial charge in [0.1, 0.15) is 0 Å². The van der Waals surface area contributed by atoms with Gasteiger partial charge < -0.3 is 25.0 Å². The number of benzene rings is 2. The highest BCUT2D eigenvalue weighted by Gasteiger charge is 2.13. The van der Waals surface area contributed by atoms with Crippen molar-refractivity contribution in [2.75, 3.05) is 45.2 Å². The molecule has 0 aliphatic heterocycles. The highest BCUT2D eigenvalue weighted by molar-refractivity contribution is 5.91. The van der Waals surface area contributed by atoms with Gasteiger partial charge in [-0.2, -0.15) is 0 Å². The van der Waals surface area contributed by atoms with Crippen LogP contribution in [0.4, 0.5) is 5.69 Å². The molecule has 0 bridgehead atoms. The van der Waals surface area contributed by atoms with Crippen molar-refractivity contribution in [1.82, 2.24) is 10.2 Å². The number of aryl methyl sites for hydroxylation is 1. The van der Waals surface area contributed by atoms with Crippen molar-refractivity contribution >= 4 is 11.6 Å². The first-order valence-corrected chi connectivity index (χ1v) is 10.7. The maximum absolute atomic E-state index is 12.3. The number of methoxy groups -OCH3 is 1. The molecule has 1 amide bonds. The van der Waals surface area contributed by atoms with E-state index >= 15 is 0 Å². The number of nitrogens with zero attached hydrogens (tertiary/aromatic N) is 1. The smallest absolute Gasteiger partial charge is 0.262 e. The third-order valence-corrected chi connectivity index (χ3v) is 5.00. The number of carbonyl (C=O) groups excluding carboxylic acids is 1. The van der Waals surface area contributed by atoms with Crippen LogP contribution in [-0.2, 0) is 11.3 Å². The van der Waals surface area contributed by atoms with Gasteiger partial charge in [-0.3, -0.25) is 4.79 Å². The average Bonchev–Trinajstić information content (AvgIpc) is 2.76. The fourth-order valence-electron chi connectivity index (χ4n) is 3.19. The fourth-order valence-corrected chi connectivity index (χ4v) is 3.19. The van der Waals surface area contributed by atoms with Gasteiger partial charge >= 0.3 is 0 Å². The molecule has 2 N–H and O–H groups in total. The van der Waals surface area contributed by atoms with Crippen LogP contribution >= 0.6 is 0 Å². The van der Waals surface area contributed by atoms with Crippen LogP contribution in [-0.4, -0.2) is 50.7 Å². The number of nitrogens with one attached hydrogen (secondary N) is 2. The van der Waals surface area contributed by atoms with Gasteiger partial charge in [0.25, 0.3) is 5.91 Å². The third-order valence-electron chi connectivity index (χ3n) is 5.00. The van der Waals surface area contributed by atoms with Gasteiger partial charge in [-0.1, -0.05) is 43.7 Å². The second-order valence-corrected chi connectivity index (χ2v) is 7.21. The largest absolute Gasteiger partial charge is 0.493 e. The second-order valence-electron chi connectivity index (χ2n) is 7.21. The highest BCUT2D eigenvalue weighted by atomic mass is 16.5. The monoisotopic (exact) mass is 413 g/mol. The van der Waals surface area contributed by atoms with E-state index in [4.69, 9.17) is 9.47 Å². The number of anilines is 1. The molecule has 6 nitrogen and oxygen atoms in total. The molecule has 0 aliphatic carbocycles. The van der Waals surface area contributed by atoms with Crippen molar-refractivity contribution in [1.29, 1.82) is 0 Å². The number of hydrogen-bond acceptors (Lipinski definition) is 5. The molecule has 0 radical (unpaired) electrons. The van der Waals surface area contributed by atoms with E-state index in [0.717, 1.165) is 49.4 Å². The first-order valence-electron chi connectivity index (χ1n) is 10.7. The molecule has 0 unspecified atom stereocenters. The van der Waals surface area contributed by atoms with E-state index in [0.29, 0.717) is 18.0 Å². The van der Waals surface area contributed by atoms with Gasteiger partial charge in [0.15, 0.2) is 18.1 Å². The minimum Gasteiger partial charge on any atom is -0.493 e. The van der Waals surface area contributed by atoms with E-state index in [-0.39, 0.29) is 12.5 Å². The van der Waals surface area contributed by atoms with Gasteiger partial charge in [-0.05, 0) is 57.7 Å². The predicted octanol–water partition coefficient (Wildman–Crippen LogP) is 3.84. The topological polar surface area (TPSA) is 62.8 Å². The minimum atomic E-state index is -0.206. The molecular formula is C24H35N3O3. The minimum absolute atomic E-state index is 0.0801. The lowest BCUT2D eigenvalue weighted by Crippen LogP contribution is -2.27. The third kappa shape index (κ3) is 7.69. The summed E-state index contributed by atoms with van der Waals surface area (Å²) in [5, 5.41) is 6.32. The zero-order valence-corrected chi connectivity index (χ0v) is 18.7. The highest BCUT2D eigenvalue weighted by Crippen LogP contribution is 2.31. The fraction of sp³-hybridized carbons (Fsp3) is 0.458. The summed E-state index contributed by atoms with van der Waals surface area (Å²) in [5.41, 5.74) is 2.87. The van der Waals surface area contributed by atoms with Crippen molar-refractivity contribution in [3.8, 4) is 11.5 Å². The van der Waals surface area contributed by atoms with Crippen molar-refractivity contribution in [3.63, 3.8) is 0 Å². The van der Waals surface area contributed by atoms with Crippen LogP contribution in [0.2, 0.25) is 0 Å². The van der Waals surface area contributed by atoms with Gasteiger partial charge in [0, 0.05) is 17.8 Å². The van der Waals surface area contributed by atoms with Crippen molar-refractivity contribution in [2.45, 2.75) is 33.7 Å². The lowest BCUT2D eigenvalue weighted by atomic mass is 10.2. The van der Waals surface area contributed by atoms with E-state index in [9.17, 15) is 4.79 Å². The first-order chi connectivity index (χ1) is 14.6. The molecule has 0 aromatic heterocycles. The number of rotatable bonds is 13. The van der Waals surface area contributed by atoms with E-state index in [2.05, 4.69) is 29.4 Å². The summed E-state index contributed by atoms with van der Waals surface area (Å²) in [6, 6.07) is 13.4. The van der Waals surface area contributed by atoms with Crippen molar-refractivity contribution in [3.05, 3.63) is 53.6 Å². The lowest BCUT2D eigenvalue weighted by Gasteiger charge is -2.18. The van der Waals surface area contributed by atoms with Crippen molar-refractivity contribution in [2.24, 2.45) is 0 Å². The molecule has 0 aliphatic rings. The number of carbonyl (C=O) groups is 1. The predicted molar refractivity (Wildman–Crippen MR) is 122 cm³/mol. The molecule has 164 valence electrons. The zero-order valence-electron chi connectivity index (χ0n) is 18.7. The Hall–Kier alpha value is -2.57. The SMILES string of the molecule is CCN(CC)CCCNCc1cccc(OC)c1OCC(=O)Nc1ccc(C)cc1. The Morgan fingerprint density at radius 2 is 1.80 bits per heavy atom. The van der Waals surface area contributed by atoms with E-state index in [1.165, 1.54) is 0 Å². The summed E-state index contributed by atoms with van der Waals surface area (Å²) in [6.45, 7) is 11.1. The number of hydrogen-bond donors (Lipinski definition) is 2. The summed E-state index contributed by atoms with van der Waals surface area (Å²) in [5.74, 6) is 1.03. The Labute approximate surface area is 180 Å². The zero-order chi connectivity index (χ0) is 21.8. The van der Waals surface area contributed by atoms with E-state index < -0.39 is 0 Å². The maximum atomic E-state index is 12.3. The normalized spacial score (nSPS) is 10.8. The molecule has 2 rings (SSSR count). The number of ether oxygens (including phenoxy) is 2. The molecule has 0 saturated carbocycles. The second kappa shape index (κ2) is 12.9. The summed E-state index contributed by atoms with van der Waals surface area (Å²) >= 11 is 0. The van der Waals surface area contributed by atoms with E-state index in [1.807, 2.05) is 49.4 Å². The van der Waals surface area contributed by atoms with Crippen LogP contribution in [0.5, 0.6) is 11.5 Å². The van der Waals surface area contributed by atoms with Gasteiger partial charge in [0.05, 0.1) is 7.11 Å². The molecule has 2 aromatic carbocycles. The molecule has 0 atom stereocenters. The Morgan fingerprint density at radius 1 is 1.07 bits per heavy atom. The average molecular weight is 414 g/mol. The molecule has 0 heterocycles. The number of para-hydroxylation sites is 1. The summed E-state index contributed by atoms with van der Waals surface area (Å²) < 4.78 is 11.3. The molecule has 0 spiro atoms. The Morgan fingerprint density at radius 3 is 2.47 bits per heavy atom. The van der Waals surface area contributed by atoms with E-state index in [1.54, 1.807) is 7.11 Å². The Bertz CT molecular complexity index is 774. The van der Waals surface area contributed by atoms with Crippen LogP contribution in [0.1, 0.15) is 31.4 Å². The van der Waals surface area contributed by atoms with Crippen LogP contribution in [0.3, 0.4) is 0 Å². The Balaban J connectivity index is 1.89. The van der Waals surface area contributed by atoms with Gasteiger partial charge in [0.2, 0.25) is 0 Å². The molecular weight excluding hydrogens is 378 g/mol. The Kier molecular flexibility index (Phi) is 10.2.